The maximum absolute atomic E-state index is 13.1. The lowest BCUT2D eigenvalue weighted by molar-refractivity contribution is -0.136. The van der Waals surface area contributed by atoms with Gasteiger partial charge in [-0.05, 0) is 30.7 Å². The predicted molar refractivity (Wildman–Crippen MR) is 89.9 cm³/mol. The summed E-state index contributed by atoms with van der Waals surface area (Å²) in [5.41, 5.74) is -0.942. The molecule has 0 radical (unpaired) electrons. The Kier molecular flexibility index (Phi) is 5.88. The molecule has 24 heavy (non-hydrogen) atoms. The van der Waals surface area contributed by atoms with Gasteiger partial charge in [-0.25, -0.2) is 4.98 Å². The number of anilines is 3. The van der Waals surface area contributed by atoms with Gasteiger partial charge in [0.2, 0.25) is 5.95 Å². The van der Waals surface area contributed by atoms with Crippen LogP contribution in [-0.4, -0.2) is 23.6 Å². The number of benzene rings is 1. The average molecular weight is 359 g/mol. The highest BCUT2D eigenvalue weighted by atomic mass is 35.5. The summed E-state index contributed by atoms with van der Waals surface area (Å²) in [6, 6.07) is 5.09. The Hall–Kier alpha value is -2.02. The van der Waals surface area contributed by atoms with Gasteiger partial charge in [-0.3, -0.25) is 0 Å². The fraction of sp³-hybridized carbons (Fsp3) is 0.375. The number of hydrogen-bond acceptors (Lipinski definition) is 4. The van der Waals surface area contributed by atoms with Crippen molar-refractivity contribution in [3.05, 3.63) is 41.0 Å². The minimum absolute atomic E-state index is 0.0237. The van der Waals surface area contributed by atoms with Crippen molar-refractivity contribution in [2.75, 3.05) is 23.8 Å². The lowest BCUT2D eigenvalue weighted by Crippen LogP contribution is -2.21. The monoisotopic (exact) mass is 358 g/mol. The van der Waals surface area contributed by atoms with Crippen LogP contribution in [0.2, 0.25) is 5.02 Å². The summed E-state index contributed by atoms with van der Waals surface area (Å²) in [6.45, 7) is 2.85. The first-order valence-corrected chi connectivity index (χ1v) is 7.87. The number of unbranched alkanes of at least 4 members (excludes halogenated alkanes) is 1. The molecular weight excluding hydrogens is 341 g/mol. The van der Waals surface area contributed by atoms with Crippen LogP contribution in [0.5, 0.6) is 0 Å². The van der Waals surface area contributed by atoms with Crippen molar-refractivity contribution < 1.29 is 13.2 Å². The molecule has 0 bridgehead atoms. The molecule has 1 heterocycles. The molecule has 0 aliphatic heterocycles. The maximum Gasteiger partial charge on any atom is 0.418 e. The first-order valence-electron chi connectivity index (χ1n) is 7.49. The molecule has 1 aromatic heterocycles. The van der Waals surface area contributed by atoms with Crippen LogP contribution in [0.4, 0.5) is 30.6 Å². The van der Waals surface area contributed by atoms with E-state index in [0.717, 1.165) is 25.5 Å². The average Bonchev–Trinajstić information content (AvgIpc) is 2.53. The Morgan fingerprint density at radius 2 is 2.00 bits per heavy atom. The molecular formula is C16H18ClF3N4. The molecule has 0 aliphatic rings. The zero-order valence-corrected chi connectivity index (χ0v) is 14.1. The lowest BCUT2D eigenvalue weighted by atomic mass is 10.1. The summed E-state index contributed by atoms with van der Waals surface area (Å²) in [4.78, 5) is 10.3. The van der Waals surface area contributed by atoms with E-state index in [0.29, 0.717) is 5.95 Å². The first-order chi connectivity index (χ1) is 11.3. The van der Waals surface area contributed by atoms with Crippen LogP contribution in [0.25, 0.3) is 0 Å². The van der Waals surface area contributed by atoms with E-state index in [1.807, 2.05) is 11.9 Å². The van der Waals surface area contributed by atoms with Crippen molar-refractivity contribution in [2.24, 2.45) is 0 Å². The van der Waals surface area contributed by atoms with Crippen LogP contribution in [-0.2, 0) is 6.18 Å². The van der Waals surface area contributed by atoms with Crippen molar-refractivity contribution in [1.29, 1.82) is 0 Å². The van der Waals surface area contributed by atoms with E-state index < -0.39 is 11.7 Å². The molecule has 0 amide bonds. The quantitative estimate of drug-likeness (QED) is 0.777. The van der Waals surface area contributed by atoms with E-state index in [4.69, 9.17) is 11.6 Å². The molecule has 0 aliphatic carbocycles. The third-order valence-corrected chi connectivity index (χ3v) is 3.62. The molecule has 0 spiro atoms. The third kappa shape index (κ3) is 4.74. The largest absolute Gasteiger partial charge is 0.418 e. The zero-order valence-electron chi connectivity index (χ0n) is 13.4. The topological polar surface area (TPSA) is 41.1 Å². The van der Waals surface area contributed by atoms with Gasteiger partial charge in [-0.2, -0.15) is 18.2 Å². The van der Waals surface area contributed by atoms with E-state index in [-0.39, 0.29) is 16.5 Å². The van der Waals surface area contributed by atoms with E-state index >= 15 is 0 Å². The van der Waals surface area contributed by atoms with E-state index in [1.165, 1.54) is 24.4 Å². The summed E-state index contributed by atoms with van der Waals surface area (Å²) in [6.07, 6.45) is -0.994. The van der Waals surface area contributed by atoms with Gasteiger partial charge in [0.15, 0.2) is 0 Å². The Morgan fingerprint density at radius 1 is 1.25 bits per heavy atom. The van der Waals surface area contributed by atoms with Crippen LogP contribution < -0.4 is 10.2 Å². The molecule has 4 nitrogen and oxygen atoms in total. The van der Waals surface area contributed by atoms with E-state index in [1.54, 1.807) is 0 Å². The van der Waals surface area contributed by atoms with Crippen LogP contribution in [0.15, 0.2) is 30.5 Å². The molecule has 1 N–H and O–H groups in total. The first kappa shape index (κ1) is 18.3. The number of halogens is 4. The number of rotatable bonds is 6. The molecule has 2 aromatic rings. The second kappa shape index (κ2) is 7.70. The second-order valence-electron chi connectivity index (χ2n) is 5.33. The number of alkyl halides is 3. The molecule has 0 atom stereocenters. The van der Waals surface area contributed by atoms with Crippen LogP contribution in [0.1, 0.15) is 25.3 Å². The highest BCUT2D eigenvalue weighted by molar-refractivity contribution is 6.30. The Labute approximate surface area is 143 Å². The summed E-state index contributed by atoms with van der Waals surface area (Å²) in [5, 5.41) is 2.72. The number of nitrogens with zero attached hydrogens (tertiary/aromatic N) is 3. The second-order valence-corrected chi connectivity index (χ2v) is 5.77. The summed E-state index contributed by atoms with van der Waals surface area (Å²) >= 11 is 5.68. The van der Waals surface area contributed by atoms with Gasteiger partial charge in [0.1, 0.15) is 5.82 Å². The molecule has 1 aromatic carbocycles. The number of aromatic nitrogens is 2. The molecule has 0 saturated heterocycles. The highest BCUT2D eigenvalue weighted by Gasteiger charge is 2.34. The number of hydrogen-bond donors (Lipinski definition) is 1. The van der Waals surface area contributed by atoms with Gasteiger partial charge in [0.25, 0.3) is 0 Å². The van der Waals surface area contributed by atoms with Crippen LogP contribution >= 0.6 is 11.6 Å². The van der Waals surface area contributed by atoms with Crippen molar-refractivity contribution in [3.63, 3.8) is 0 Å². The summed E-state index contributed by atoms with van der Waals surface area (Å²) in [5.74, 6) is 0.743. The minimum Gasteiger partial charge on any atom is -0.344 e. The Balaban J connectivity index is 2.26. The van der Waals surface area contributed by atoms with Crippen molar-refractivity contribution in [2.45, 2.75) is 25.9 Å². The van der Waals surface area contributed by atoms with Crippen LogP contribution in [0, 0.1) is 0 Å². The number of nitrogens with one attached hydrogen (secondary N) is 1. The lowest BCUT2D eigenvalue weighted by Gasteiger charge is -2.18. The molecule has 8 heteroatoms. The SMILES string of the molecule is CCCCN(C)c1nccc(Nc2ccc(Cl)cc2C(F)(F)F)n1. The Morgan fingerprint density at radius 3 is 2.67 bits per heavy atom. The van der Waals surface area contributed by atoms with E-state index in [9.17, 15) is 13.2 Å². The Bertz CT molecular complexity index is 691. The highest BCUT2D eigenvalue weighted by Crippen LogP contribution is 2.37. The van der Waals surface area contributed by atoms with Gasteiger partial charge in [-0.1, -0.05) is 24.9 Å². The van der Waals surface area contributed by atoms with Gasteiger partial charge in [0, 0.05) is 24.8 Å². The van der Waals surface area contributed by atoms with Crippen molar-refractivity contribution in [1.82, 2.24) is 9.97 Å². The fourth-order valence-electron chi connectivity index (χ4n) is 2.10. The maximum atomic E-state index is 13.1. The van der Waals surface area contributed by atoms with E-state index in [2.05, 4.69) is 22.2 Å². The van der Waals surface area contributed by atoms with Gasteiger partial charge in [0.05, 0.1) is 11.3 Å². The molecule has 0 unspecified atom stereocenters. The summed E-state index contributed by atoms with van der Waals surface area (Å²) < 4.78 is 39.4. The van der Waals surface area contributed by atoms with Crippen molar-refractivity contribution >= 4 is 29.1 Å². The smallest absolute Gasteiger partial charge is 0.344 e. The molecule has 0 saturated carbocycles. The predicted octanol–water partition coefficient (Wildman–Crippen LogP) is 5.13. The molecule has 0 fully saturated rings. The molecule has 130 valence electrons. The molecule has 2 rings (SSSR count). The fourth-order valence-corrected chi connectivity index (χ4v) is 2.27. The van der Waals surface area contributed by atoms with Gasteiger partial charge < -0.3 is 10.2 Å². The minimum atomic E-state index is -4.51. The normalized spacial score (nSPS) is 11.4. The van der Waals surface area contributed by atoms with Crippen LogP contribution in [0.3, 0.4) is 0 Å². The van der Waals surface area contributed by atoms with Crippen molar-refractivity contribution in [3.8, 4) is 0 Å². The zero-order chi connectivity index (χ0) is 17.7. The third-order valence-electron chi connectivity index (χ3n) is 3.38. The van der Waals surface area contributed by atoms with Gasteiger partial charge in [-0.15, -0.1) is 0 Å². The standard InChI is InChI=1S/C16H18ClF3N4/c1-3-4-9-24(2)15-21-8-7-14(23-15)22-13-6-5-11(17)10-12(13)16(18,19)20/h5-8,10H,3-4,9H2,1-2H3,(H,21,22,23). The summed E-state index contributed by atoms with van der Waals surface area (Å²) in [7, 11) is 1.85. The van der Waals surface area contributed by atoms with Gasteiger partial charge >= 0.3 is 6.18 Å².